The molecule has 0 fully saturated rings. The molecule has 0 spiro atoms. The fraction of sp³-hybridized carbons (Fsp3) is 0.278. The van der Waals surface area contributed by atoms with Gasteiger partial charge in [0.25, 0.3) is 5.91 Å². The minimum absolute atomic E-state index is 0.332. The number of hydrogen-bond donors (Lipinski definition) is 1. The van der Waals surface area contributed by atoms with Gasteiger partial charge in [0.05, 0.1) is 17.7 Å². The fourth-order valence-electron chi connectivity index (χ4n) is 1.82. The van der Waals surface area contributed by atoms with Crippen molar-refractivity contribution in [2.45, 2.75) is 13.8 Å². The highest BCUT2D eigenvalue weighted by atomic mass is 32.1. The third kappa shape index (κ3) is 5.62. The van der Waals surface area contributed by atoms with Crippen LogP contribution in [-0.4, -0.2) is 25.1 Å². The van der Waals surface area contributed by atoms with E-state index < -0.39 is 18.5 Å². The monoisotopic (exact) mass is 358 g/mol. The Labute approximate surface area is 150 Å². The van der Waals surface area contributed by atoms with E-state index >= 15 is 0 Å². The quantitative estimate of drug-likeness (QED) is 0.766. The van der Waals surface area contributed by atoms with E-state index in [0.717, 1.165) is 0 Å². The summed E-state index contributed by atoms with van der Waals surface area (Å²) in [6, 6.07) is 10.1. The first-order chi connectivity index (χ1) is 12.0. The largest absolute Gasteiger partial charge is 0.493 e. The van der Waals surface area contributed by atoms with E-state index in [2.05, 4.69) is 5.32 Å². The Balaban J connectivity index is 1.83. The van der Waals surface area contributed by atoms with Crippen LogP contribution in [0.2, 0.25) is 0 Å². The Morgan fingerprint density at radius 3 is 2.60 bits per heavy atom. The van der Waals surface area contributed by atoms with Crippen molar-refractivity contribution < 1.29 is 19.1 Å². The first kappa shape index (κ1) is 18.5. The van der Waals surface area contributed by atoms with E-state index in [1.165, 1.54) is 11.3 Å². The minimum Gasteiger partial charge on any atom is -0.493 e. The van der Waals surface area contributed by atoms with Crippen LogP contribution in [0.4, 0.5) is 5.00 Å². The summed E-state index contributed by atoms with van der Waals surface area (Å²) in [5.41, 5.74) is 0.709. The molecule has 0 saturated heterocycles. The Bertz CT molecular complexity index is 775. The van der Waals surface area contributed by atoms with Crippen molar-refractivity contribution in [2.75, 3.05) is 18.5 Å². The first-order valence-corrected chi connectivity index (χ1v) is 8.55. The molecule has 0 atom stereocenters. The SMILES string of the molecule is CC(C)COc1ccc(C(=O)OCC(=O)Nc2sccc2C#N)cc1. The Kier molecular flexibility index (Phi) is 6.54. The van der Waals surface area contributed by atoms with Gasteiger partial charge in [0.15, 0.2) is 6.61 Å². The molecular formula is C18H18N2O4S. The van der Waals surface area contributed by atoms with Crippen molar-refractivity contribution in [2.24, 2.45) is 5.92 Å². The lowest BCUT2D eigenvalue weighted by atomic mass is 10.2. The summed E-state index contributed by atoms with van der Waals surface area (Å²) >= 11 is 1.23. The van der Waals surface area contributed by atoms with E-state index in [0.29, 0.717) is 34.4 Å². The fourth-order valence-corrected chi connectivity index (χ4v) is 2.58. The number of nitrogens with zero attached hydrogens (tertiary/aromatic N) is 1. The molecule has 0 bridgehead atoms. The molecule has 1 aromatic heterocycles. The van der Waals surface area contributed by atoms with Crippen LogP contribution in [0.15, 0.2) is 35.7 Å². The second kappa shape index (κ2) is 8.85. The third-order valence-corrected chi connectivity index (χ3v) is 3.88. The number of esters is 1. The number of rotatable bonds is 7. The Morgan fingerprint density at radius 1 is 1.24 bits per heavy atom. The number of nitrogens with one attached hydrogen (secondary N) is 1. The van der Waals surface area contributed by atoms with Gasteiger partial charge in [0, 0.05) is 0 Å². The van der Waals surface area contributed by atoms with Crippen molar-refractivity contribution in [3.05, 3.63) is 46.8 Å². The lowest BCUT2D eigenvalue weighted by Gasteiger charge is -2.09. The summed E-state index contributed by atoms with van der Waals surface area (Å²) in [4.78, 5) is 23.8. The number of hydrogen-bond acceptors (Lipinski definition) is 6. The molecule has 25 heavy (non-hydrogen) atoms. The lowest BCUT2D eigenvalue weighted by molar-refractivity contribution is -0.119. The second-order valence-corrected chi connectivity index (χ2v) is 6.54. The number of thiophene rings is 1. The number of anilines is 1. The van der Waals surface area contributed by atoms with Gasteiger partial charge < -0.3 is 14.8 Å². The molecule has 0 saturated carbocycles. The van der Waals surface area contributed by atoms with Crippen LogP contribution in [0.3, 0.4) is 0 Å². The van der Waals surface area contributed by atoms with E-state index in [4.69, 9.17) is 14.7 Å². The van der Waals surface area contributed by atoms with E-state index in [1.807, 2.05) is 19.9 Å². The van der Waals surface area contributed by atoms with Crippen LogP contribution in [0.5, 0.6) is 5.75 Å². The number of carbonyl (C=O) groups excluding carboxylic acids is 2. The van der Waals surface area contributed by atoms with Crippen molar-refractivity contribution in [1.29, 1.82) is 5.26 Å². The maximum Gasteiger partial charge on any atom is 0.338 e. The van der Waals surface area contributed by atoms with Gasteiger partial charge in [-0.2, -0.15) is 5.26 Å². The van der Waals surface area contributed by atoms with Gasteiger partial charge in [-0.3, -0.25) is 4.79 Å². The minimum atomic E-state index is -0.600. The zero-order valence-corrected chi connectivity index (χ0v) is 14.8. The topological polar surface area (TPSA) is 88.4 Å². The number of amides is 1. The average molecular weight is 358 g/mol. The standard InChI is InChI=1S/C18H18N2O4S/c1-12(2)10-23-15-5-3-13(4-6-15)18(22)24-11-16(21)20-17-14(9-19)7-8-25-17/h3-8,12H,10-11H2,1-2H3,(H,20,21). The number of nitriles is 1. The summed E-state index contributed by atoms with van der Waals surface area (Å²) in [6.45, 7) is 4.27. The Morgan fingerprint density at radius 2 is 1.96 bits per heavy atom. The maximum atomic E-state index is 12.0. The van der Waals surface area contributed by atoms with Gasteiger partial charge in [-0.1, -0.05) is 13.8 Å². The smallest absolute Gasteiger partial charge is 0.338 e. The van der Waals surface area contributed by atoms with Crippen LogP contribution in [0, 0.1) is 17.2 Å². The van der Waals surface area contributed by atoms with E-state index in [1.54, 1.807) is 35.7 Å². The van der Waals surface area contributed by atoms with Crippen molar-refractivity contribution in [3.63, 3.8) is 0 Å². The molecule has 1 amide bonds. The van der Waals surface area contributed by atoms with Crippen LogP contribution in [0.25, 0.3) is 0 Å². The summed E-state index contributed by atoms with van der Waals surface area (Å²) in [5, 5.41) is 13.6. The number of benzene rings is 1. The second-order valence-electron chi connectivity index (χ2n) is 5.63. The third-order valence-electron chi connectivity index (χ3n) is 3.05. The summed E-state index contributed by atoms with van der Waals surface area (Å²) in [6.07, 6.45) is 0. The molecule has 0 aliphatic heterocycles. The predicted molar refractivity (Wildman–Crippen MR) is 94.7 cm³/mol. The van der Waals surface area contributed by atoms with Gasteiger partial charge in [0.1, 0.15) is 16.8 Å². The molecule has 0 aliphatic rings. The maximum absolute atomic E-state index is 12.0. The average Bonchev–Trinajstić information content (AvgIpc) is 3.05. The predicted octanol–water partition coefficient (Wildman–Crippen LogP) is 3.45. The van der Waals surface area contributed by atoms with Crippen LogP contribution in [-0.2, 0) is 9.53 Å². The molecule has 6 nitrogen and oxygen atoms in total. The molecule has 1 N–H and O–H groups in total. The van der Waals surface area contributed by atoms with Crippen LogP contribution < -0.4 is 10.1 Å². The molecule has 0 unspecified atom stereocenters. The van der Waals surface area contributed by atoms with Crippen molar-refractivity contribution in [3.8, 4) is 11.8 Å². The molecule has 7 heteroatoms. The molecule has 130 valence electrons. The Hall–Kier alpha value is -2.85. The van der Waals surface area contributed by atoms with Crippen LogP contribution >= 0.6 is 11.3 Å². The summed E-state index contributed by atoms with van der Waals surface area (Å²) < 4.78 is 10.5. The van der Waals surface area contributed by atoms with Crippen LogP contribution in [0.1, 0.15) is 29.8 Å². The zero-order chi connectivity index (χ0) is 18.2. The van der Waals surface area contributed by atoms with Gasteiger partial charge in [0.2, 0.25) is 0 Å². The van der Waals surface area contributed by atoms with Crippen molar-refractivity contribution >= 4 is 28.2 Å². The normalized spacial score (nSPS) is 10.2. The molecular weight excluding hydrogens is 340 g/mol. The highest BCUT2D eigenvalue weighted by molar-refractivity contribution is 7.14. The van der Waals surface area contributed by atoms with E-state index in [-0.39, 0.29) is 0 Å². The van der Waals surface area contributed by atoms with Gasteiger partial charge >= 0.3 is 5.97 Å². The molecule has 2 rings (SSSR count). The summed E-state index contributed by atoms with van der Waals surface area (Å²) in [5.74, 6) is -0.0146. The highest BCUT2D eigenvalue weighted by Crippen LogP contribution is 2.22. The number of ether oxygens (including phenoxy) is 2. The molecule has 1 aromatic carbocycles. The van der Waals surface area contributed by atoms with Crippen molar-refractivity contribution in [1.82, 2.24) is 0 Å². The lowest BCUT2D eigenvalue weighted by Crippen LogP contribution is -2.20. The van der Waals surface area contributed by atoms with E-state index in [9.17, 15) is 9.59 Å². The molecule has 0 aliphatic carbocycles. The number of carbonyl (C=O) groups is 2. The molecule has 2 aromatic rings. The summed E-state index contributed by atoms with van der Waals surface area (Å²) in [7, 11) is 0. The van der Waals surface area contributed by atoms with Gasteiger partial charge in [-0.25, -0.2) is 4.79 Å². The zero-order valence-electron chi connectivity index (χ0n) is 13.9. The molecule has 1 heterocycles. The molecule has 0 radical (unpaired) electrons. The first-order valence-electron chi connectivity index (χ1n) is 7.67. The van der Waals surface area contributed by atoms with Gasteiger partial charge in [-0.05, 0) is 41.6 Å². The van der Waals surface area contributed by atoms with Gasteiger partial charge in [-0.15, -0.1) is 11.3 Å². The highest BCUT2D eigenvalue weighted by Gasteiger charge is 2.12.